The van der Waals surface area contributed by atoms with Gasteiger partial charge < -0.3 is 10.1 Å². The standard InChI is InChI=1S/C16H14FN3O/c1-21-12-6-7-13-14(8-12)19-20-9-15(18-16(13)20)10-2-4-11(17)5-3-10/h2-9,16,18-19H,1H3. The predicted octanol–water partition coefficient (Wildman–Crippen LogP) is 3.08. The molecule has 0 aromatic heterocycles. The van der Waals surface area contributed by atoms with Crippen molar-refractivity contribution in [3.05, 3.63) is 65.6 Å². The minimum absolute atomic E-state index is 0.0472. The van der Waals surface area contributed by atoms with Crippen molar-refractivity contribution >= 4 is 11.4 Å². The van der Waals surface area contributed by atoms with E-state index >= 15 is 0 Å². The lowest BCUT2D eigenvalue weighted by Crippen LogP contribution is -2.24. The first-order chi connectivity index (χ1) is 10.2. The lowest BCUT2D eigenvalue weighted by Gasteiger charge is -2.16. The second-order valence-corrected chi connectivity index (χ2v) is 5.07. The molecular formula is C16H14FN3O. The van der Waals surface area contributed by atoms with Crippen LogP contribution in [0.3, 0.4) is 0 Å². The van der Waals surface area contributed by atoms with Crippen molar-refractivity contribution in [1.82, 2.24) is 10.3 Å². The predicted molar refractivity (Wildman–Crippen MR) is 78.7 cm³/mol. The molecule has 2 aromatic carbocycles. The minimum atomic E-state index is -0.228. The fourth-order valence-corrected chi connectivity index (χ4v) is 2.72. The summed E-state index contributed by atoms with van der Waals surface area (Å²) in [5.74, 6) is 0.596. The van der Waals surface area contributed by atoms with Gasteiger partial charge in [-0.25, -0.2) is 4.39 Å². The van der Waals surface area contributed by atoms with Gasteiger partial charge in [-0.05, 0) is 42.0 Å². The molecule has 2 heterocycles. The molecule has 21 heavy (non-hydrogen) atoms. The Labute approximate surface area is 121 Å². The van der Waals surface area contributed by atoms with E-state index < -0.39 is 0 Å². The first-order valence-electron chi connectivity index (χ1n) is 6.72. The fraction of sp³-hybridized carbons (Fsp3) is 0.125. The van der Waals surface area contributed by atoms with E-state index in [1.165, 1.54) is 12.1 Å². The summed E-state index contributed by atoms with van der Waals surface area (Å²) in [5.41, 5.74) is 7.44. The van der Waals surface area contributed by atoms with Crippen molar-refractivity contribution in [2.75, 3.05) is 12.5 Å². The monoisotopic (exact) mass is 283 g/mol. The van der Waals surface area contributed by atoms with E-state index in [9.17, 15) is 4.39 Å². The number of hydrogen-bond donors (Lipinski definition) is 2. The Morgan fingerprint density at radius 2 is 1.95 bits per heavy atom. The van der Waals surface area contributed by atoms with E-state index in [4.69, 9.17) is 4.74 Å². The van der Waals surface area contributed by atoms with Crippen molar-refractivity contribution in [2.24, 2.45) is 0 Å². The molecule has 1 unspecified atom stereocenters. The molecule has 1 atom stereocenters. The average Bonchev–Trinajstić information content (AvgIpc) is 3.04. The highest BCUT2D eigenvalue weighted by molar-refractivity contribution is 5.70. The highest BCUT2D eigenvalue weighted by Gasteiger charge is 2.33. The van der Waals surface area contributed by atoms with Crippen LogP contribution < -0.4 is 15.5 Å². The highest BCUT2D eigenvalue weighted by Crippen LogP contribution is 2.40. The molecule has 0 saturated heterocycles. The number of nitrogens with one attached hydrogen (secondary N) is 2. The van der Waals surface area contributed by atoms with Gasteiger partial charge in [0.15, 0.2) is 0 Å². The number of fused-ring (bicyclic) bond motifs is 3. The van der Waals surface area contributed by atoms with Crippen LogP contribution in [0.1, 0.15) is 17.3 Å². The number of halogens is 1. The van der Waals surface area contributed by atoms with Gasteiger partial charge in [-0.15, -0.1) is 0 Å². The molecule has 5 heteroatoms. The lowest BCUT2D eigenvalue weighted by molar-refractivity contribution is 0.364. The number of anilines is 1. The van der Waals surface area contributed by atoms with E-state index in [0.29, 0.717) is 0 Å². The molecule has 2 N–H and O–H groups in total. The molecule has 0 amide bonds. The fourth-order valence-electron chi connectivity index (χ4n) is 2.72. The summed E-state index contributed by atoms with van der Waals surface area (Å²) in [5, 5.41) is 5.45. The smallest absolute Gasteiger partial charge is 0.146 e. The van der Waals surface area contributed by atoms with Crippen molar-refractivity contribution in [1.29, 1.82) is 0 Å². The second kappa shape index (κ2) is 4.41. The lowest BCUT2D eigenvalue weighted by atomic mass is 10.1. The Balaban J connectivity index is 1.63. The summed E-state index contributed by atoms with van der Waals surface area (Å²) in [7, 11) is 1.66. The van der Waals surface area contributed by atoms with Crippen molar-refractivity contribution < 1.29 is 9.13 Å². The minimum Gasteiger partial charge on any atom is -0.497 e. The van der Waals surface area contributed by atoms with Gasteiger partial charge in [0.1, 0.15) is 17.7 Å². The van der Waals surface area contributed by atoms with E-state index in [0.717, 1.165) is 28.3 Å². The third-order valence-electron chi connectivity index (χ3n) is 3.80. The summed E-state index contributed by atoms with van der Waals surface area (Å²) in [4.78, 5) is 0. The van der Waals surface area contributed by atoms with E-state index in [2.05, 4.69) is 10.7 Å². The second-order valence-electron chi connectivity index (χ2n) is 5.07. The number of hydrazine groups is 1. The molecule has 0 bridgehead atoms. The van der Waals surface area contributed by atoms with E-state index in [1.54, 1.807) is 19.2 Å². The molecule has 2 aromatic rings. The van der Waals surface area contributed by atoms with Gasteiger partial charge >= 0.3 is 0 Å². The largest absolute Gasteiger partial charge is 0.497 e. The maximum Gasteiger partial charge on any atom is 0.146 e. The first kappa shape index (κ1) is 12.1. The number of methoxy groups -OCH3 is 1. The summed E-state index contributed by atoms with van der Waals surface area (Å²) in [6.07, 6.45) is 2.04. The molecule has 4 nitrogen and oxygen atoms in total. The number of rotatable bonds is 2. The van der Waals surface area contributed by atoms with Gasteiger partial charge in [0.05, 0.1) is 18.5 Å². The summed E-state index contributed by atoms with van der Waals surface area (Å²) >= 11 is 0. The molecular weight excluding hydrogens is 269 g/mol. The molecule has 0 saturated carbocycles. The van der Waals surface area contributed by atoms with Crippen LogP contribution in [-0.2, 0) is 0 Å². The Bertz CT molecular complexity index is 727. The SMILES string of the molecule is COc1ccc2c(c1)NN1C=C(c3ccc(F)cc3)NC21. The number of hydrogen-bond acceptors (Lipinski definition) is 4. The Kier molecular flexibility index (Phi) is 2.54. The van der Waals surface area contributed by atoms with Crippen LogP contribution in [0.25, 0.3) is 5.70 Å². The van der Waals surface area contributed by atoms with Crippen molar-refractivity contribution in [3.63, 3.8) is 0 Å². The summed E-state index contributed by atoms with van der Waals surface area (Å²) < 4.78 is 18.2. The Hall–Kier alpha value is -2.69. The zero-order valence-electron chi connectivity index (χ0n) is 11.4. The van der Waals surface area contributed by atoms with Crippen LogP contribution >= 0.6 is 0 Å². The molecule has 2 aliphatic rings. The average molecular weight is 283 g/mol. The molecule has 0 spiro atoms. The third kappa shape index (κ3) is 1.89. The van der Waals surface area contributed by atoms with Crippen LogP contribution in [0.4, 0.5) is 10.1 Å². The maximum atomic E-state index is 13.0. The maximum absolute atomic E-state index is 13.0. The quantitative estimate of drug-likeness (QED) is 0.888. The van der Waals surface area contributed by atoms with Gasteiger partial charge in [0, 0.05) is 17.8 Å². The first-order valence-corrected chi connectivity index (χ1v) is 6.72. The zero-order valence-corrected chi connectivity index (χ0v) is 11.4. The van der Waals surface area contributed by atoms with E-state index in [1.807, 2.05) is 29.4 Å². The zero-order chi connectivity index (χ0) is 14.4. The summed E-state index contributed by atoms with van der Waals surface area (Å²) in [6.45, 7) is 0. The van der Waals surface area contributed by atoms with Gasteiger partial charge in [0.25, 0.3) is 0 Å². The Morgan fingerprint density at radius 1 is 1.14 bits per heavy atom. The highest BCUT2D eigenvalue weighted by atomic mass is 19.1. The van der Waals surface area contributed by atoms with Crippen LogP contribution in [0.15, 0.2) is 48.7 Å². The Morgan fingerprint density at radius 3 is 2.71 bits per heavy atom. The van der Waals surface area contributed by atoms with Crippen LogP contribution in [0.5, 0.6) is 5.75 Å². The van der Waals surface area contributed by atoms with Crippen molar-refractivity contribution in [3.8, 4) is 5.75 Å². The topological polar surface area (TPSA) is 36.5 Å². The van der Waals surface area contributed by atoms with Crippen molar-refractivity contribution in [2.45, 2.75) is 6.17 Å². The van der Waals surface area contributed by atoms with Gasteiger partial charge in [0.2, 0.25) is 0 Å². The molecule has 106 valence electrons. The molecule has 2 aliphatic heterocycles. The van der Waals surface area contributed by atoms with Gasteiger partial charge in [-0.1, -0.05) is 0 Å². The molecule has 4 rings (SSSR count). The van der Waals surface area contributed by atoms with Crippen LogP contribution in [0.2, 0.25) is 0 Å². The van der Waals surface area contributed by atoms with Gasteiger partial charge in [-0.2, -0.15) is 0 Å². The third-order valence-corrected chi connectivity index (χ3v) is 3.80. The number of ether oxygens (including phenoxy) is 1. The molecule has 0 radical (unpaired) electrons. The number of nitrogens with zero attached hydrogens (tertiary/aromatic N) is 1. The van der Waals surface area contributed by atoms with E-state index in [-0.39, 0.29) is 12.0 Å². The van der Waals surface area contributed by atoms with Crippen LogP contribution in [0, 0.1) is 5.82 Å². The molecule has 0 aliphatic carbocycles. The van der Waals surface area contributed by atoms with Crippen LogP contribution in [-0.4, -0.2) is 12.1 Å². The van der Waals surface area contributed by atoms with Gasteiger partial charge in [-0.3, -0.25) is 10.4 Å². The number of benzene rings is 2. The molecule has 0 fully saturated rings. The normalized spacial score (nSPS) is 18.5. The summed E-state index contributed by atoms with van der Waals surface area (Å²) in [6, 6.07) is 12.4.